The Morgan fingerprint density at radius 2 is 2.29 bits per heavy atom. The summed E-state index contributed by atoms with van der Waals surface area (Å²) in [5, 5.41) is 18.3. The number of nitrogen functional groups attached to an aromatic ring is 1. The smallest absolute Gasteiger partial charge is 0.122 e. The number of benzene rings is 1. The second-order valence-corrected chi connectivity index (χ2v) is 4.17. The lowest BCUT2D eigenvalue weighted by Gasteiger charge is -2.13. The second-order valence-electron chi connectivity index (χ2n) is 4.17. The fourth-order valence-corrected chi connectivity index (χ4v) is 1.57. The molecule has 1 saturated heterocycles. The molecule has 1 heterocycles. The largest absolute Gasteiger partial charge is 0.491 e. The van der Waals surface area contributed by atoms with Gasteiger partial charge in [-0.05, 0) is 23.8 Å². The standard InChI is InChI=1S/C12H17NO4/c13-9-1-2-12(17-7-11-6-16-11)8(3-9)4-10(15)5-14/h1-3,10-11,14-15H,4-7,13H2. The molecule has 2 rings (SSSR count). The summed E-state index contributed by atoms with van der Waals surface area (Å²) in [4.78, 5) is 0. The maximum Gasteiger partial charge on any atom is 0.122 e. The average Bonchev–Trinajstić information content (AvgIpc) is 3.12. The minimum atomic E-state index is -0.795. The Balaban J connectivity index is 2.05. The normalized spacial score (nSPS) is 20.0. The van der Waals surface area contributed by atoms with Crippen LogP contribution in [-0.4, -0.2) is 42.2 Å². The van der Waals surface area contributed by atoms with Gasteiger partial charge in [-0.15, -0.1) is 0 Å². The van der Waals surface area contributed by atoms with Crippen LogP contribution in [0.15, 0.2) is 18.2 Å². The highest BCUT2D eigenvalue weighted by atomic mass is 16.6. The van der Waals surface area contributed by atoms with Crippen molar-refractivity contribution in [3.05, 3.63) is 23.8 Å². The number of hydrogen-bond acceptors (Lipinski definition) is 5. The van der Waals surface area contributed by atoms with Crippen LogP contribution >= 0.6 is 0 Å². The topological polar surface area (TPSA) is 88.2 Å². The fourth-order valence-electron chi connectivity index (χ4n) is 1.57. The first-order valence-electron chi connectivity index (χ1n) is 5.60. The lowest BCUT2D eigenvalue weighted by Crippen LogP contribution is -2.16. The lowest BCUT2D eigenvalue weighted by molar-refractivity contribution is 0.0947. The highest BCUT2D eigenvalue weighted by Crippen LogP contribution is 2.24. The van der Waals surface area contributed by atoms with Crippen LogP contribution in [0.4, 0.5) is 5.69 Å². The zero-order valence-electron chi connectivity index (χ0n) is 9.50. The van der Waals surface area contributed by atoms with Crippen molar-refractivity contribution < 1.29 is 19.7 Å². The Bertz CT molecular complexity index is 379. The quantitative estimate of drug-likeness (QED) is 0.478. The lowest BCUT2D eigenvalue weighted by atomic mass is 10.1. The Hall–Kier alpha value is -1.30. The van der Waals surface area contributed by atoms with Crippen LogP contribution in [0.25, 0.3) is 0 Å². The van der Waals surface area contributed by atoms with Gasteiger partial charge in [-0.2, -0.15) is 0 Å². The number of anilines is 1. The molecule has 17 heavy (non-hydrogen) atoms. The van der Waals surface area contributed by atoms with Gasteiger partial charge in [0.2, 0.25) is 0 Å². The molecule has 5 heteroatoms. The summed E-state index contributed by atoms with van der Waals surface area (Å²) in [6, 6.07) is 5.27. The van der Waals surface area contributed by atoms with E-state index in [-0.39, 0.29) is 12.7 Å². The number of hydrogen-bond donors (Lipinski definition) is 3. The molecule has 1 fully saturated rings. The van der Waals surface area contributed by atoms with Crippen molar-refractivity contribution in [1.29, 1.82) is 0 Å². The van der Waals surface area contributed by atoms with Gasteiger partial charge in [-0.3, -0.25) is 0 Å². The third kappa shape index (κ3) is 3.59. The van der Waals surface area contributed by atoms with Gasteiger partial charge < -0.3 is 25.4 Å². The van der Waals surface area contributed by atoms with Crippen molar-refractivity contribution in [1.82, 2.24) is 0 Å². The molecule has 0 aliphatic carbocycles. The van der Waals surface area contributed by atoms with E-state index < -0.39 is 6.10 Å². The number of nitrogens with two attached hydrogens (primary N) is 1. The maximum absolute atomic E-state index is 9.45. The molecular formula is C12H17NO4. The maximum atomic E-state index is 9.45. The molecule has 1 aromatic rings. The molecule has 2 atom stereocenters. The van der Waals surface area contributed by atoms with Crippen LogP contribution < -0.4 is 10.5 Å². The Labute approximate surface area is 99.8 Å². The molecule has 1 aliphatic rings. The Morgan fingerprint density at radius 3 is 2.94 bits per heavy atom. The van der Waals surface area contributed by atoms with Crippen molar-refractivity contribution in [3.63, 3.8) is 0 Å². The van der Waals surface area contributed by atoms with Gasteiger partial charge in [0.05, 0.1) is 19.3 Å². The van der Waals surface area contributed by atoms with Crippen LogP contribution in [0.3, 0.4) is 0 Å². The van der Waals surface area contributed by atoms with E-state index in [9.17, 15) is 5.11 Å². The zero-order chi connectivity index (χ0) is 12.3. The van der Waals surface area contributed by atoms with Gasteiger partial charge in [0.15, 0.2) is 0 Å². The highest BCUT2D eigenvalue weighted by Gasteiger charge is 2.23. The van der Waals surface area contributed by atoms with Gasteiger partial charge in [0, 0.05) is 12.1 Å². The van der Waals surface area contributed by atoms with E-state index in [2.05, 4.69) is 0 Å². The Morgan fingerprint density at radius 1 is 1.53 bits per heavy atom. The summed E-state index contributed by atoms with van der Waals surface area (Å²) in [5.41, 5.74) is 7.10. The molecule has 4 N–H and O–H groups in total. The predicted octanol–water partition coefficient (Wildman–Crippen LogP) is -0.0579. The molecule has 0 bridgehead atoms. The van der Waals surface area contributed by atoms with Gasteiger partial charge in [0.25, 0.3) is 0 Å². The molecule has 0 amide bonds. The molecule has 0 radical (unpaired) electrons. The van der Waals surface area contributed by atoms with Gasteiger partial charge in [-0.1, -0.05) is 0 Å². The fraction of sp³-hybridized carbons (Fsp3) is 0.500. The molecule has 94 valence electrons. The van der Waals surface area contributed by atoms with Crippen molar-refractivity contribution in [2.75, 3.05) is 25.6 Å². The van der Waals surface area contributed by atoms with E-state index in [0.717, 1.165) is 12.2 Å². The molecule has 5 nitrogen and oxygen atoms in total. The first-order valence-corrected chi connectivity index (χ1v) is 5.60. The van der Waals surface area contributed by atoms with Crippen LogP contribution in [0.2, 0.25) is 0 Å². The van der Waals surface area contributed by atoms with E-state index in [4.69, 9.17) is 20.3 Å². The van der Waals surface area contributed by atoms with Gasteiger partial charge in [-0.25, -0.2) is 0 Å². The summed E-state index contributed by atoms with van der Waals surface area (Å²) in [6.45, 7) is 0.968. The number of aliphatic hydroxyl groups excluding tert-OH is 2. The molecule has 1 aromatic carbocycles. The minimum absolute atomic E-state index is 0.183. The minimum Gasteiger partial charge on any atom is -0.491 e. The van der Waals surface area contributed by atoms with Crippen LogP contribution in [0.1, 0.15) is 5.56 Å². The molecule has 0 aromatic heterocycles. The summed E-state index contributed by atoms with van der Waals surface area (Å²) < 4.78 is 10.6. The van der Waals surface area contributed by atoms with E-state index in [1.807, 2.05) is 0 Å². The molecule has 2 unspecified atom stereocenters. The predicted molar refractivity (Wildman–Crippen MR) is 62.9 cm³/mol. The van der Waals surface area contributed by atoms with E-state index in [1.54, 1.807) is 18.2 Å². The molecule has 1 aliphatic heterocycles. The third-order valence-corrected chi connectivity index (χ3v) is 2.58. The van der Waals surface area contributed by atoms with Crippen LogP contribution in [-0.2, 0) is 11.2 Å². The number of epoxide rings is 1. The van der Waals surface area contributed by atoms with E-state index in [1.165, 1.54) is 0 Å². The summed E-state index contributed by atoms with van der Waals surface area (Å²) in [7, 11) is 0. The SMILES string of the molecule is Nc1ccc(OCC2CO2)c(CC(O)CO)c1. The molecule has 0 spiro atoms. The van der Waals surface area contributed by atoms with Crippen LogP contribution in [0.5, 0.6) is 5.75 Å². The second kappa shape index (κ2) is 5.35. The van der Waals surface area contributed by atoms with Gasteiger partial charge >= 0.3 is 0 Å². The van der Waals surface area contributed by atoms with Crippen molar-refractivity contribution in [2.45, 2.75) is 18.6 Å². The highest BCUT2D eigenvalue weighted by molar-refractivity contribution is 5.48. The third-order valence-electron chi connectivity index (χ3n) is 2.58. The zero-order valence-corrected chi connectivity index (χ0v) is 9.50. The van der Waals surface area contributed by atoms with E-state index in [0.29, 0.717) is 24.5 Å². The molecule has 0 saturated carbocycles. The first-order chi connectivity index (χ1) is 8.19. The van der Waals surface area contributed by atoms with Crippen molar-refractivity contribution >= 4 is 5.69 Å². The van der Waals surface area contributed by atoms with Crippen LogP contribution in [0, 0.1) is 0 Å². The van der Waals surface area contributed by atoms with Crippen molar-refractivity contribution in [2.24, 2.45) is 0 Å². The monoisotopic (exact) mass is 239 g/mol. The summed E-state index contributed by atoms with van der Waals surface area (Å²) in [6.07, 6.45) is -0.290. The molecular weight excluding hydrogens is 222 g/mol. The average molecular weight is 239 g/mol. The van der Waals surface area contributed by atoms with Crippen molar-refractivity contribution in [3.8, 4) is 5.75 Å². The first kappa shape index (κ1) is 12.2. The Kier molecular flexibility index (Phi) is 3.83. The number of aliphatic hydroxyl groups is 2. The van der Waals surface area contributed by atoms with Gasteiger partial charge in [0.1, 0.15) is 18.5 Å². The number of rotatable bonds is 6. The van der Waals surface area contributed by atoms with E-state index >= 15 is 0 Å². The summed E-state index contributed by atoms with van der Waals surface area (Å²) >= 11 is 0. The number of ether oxygens (including phenoxy) is 2. The summed E-state index contributed by atoms with van der Waals surface area (Å²) in [5.74, 6) is 0.683.